The molecule has 0 spiro atoms. The molecular formula is C16H27NO6. The molecule has 1 fully saturated rings. The highest BCUT2D eigenvalue weighted by molar-refractivity contribution is 5.86. The molecule has 23 heavy (non-hydrogen) atoms. The Morgan fingerprint density at radius 2 is 1.70 bits per heavy atom. The first-order valence-electron chi connectivity index (χ1n) is 7.69. The van der Waals surface area contributed by atoms with Crippen molar-refractivity contribution in [3.8, 4) is 0 Å². The molecule has 0 saturated carbocycles. The number of carbonyl (C=O) groups is 1. The maximum absolute atomic E-state index is 10.7. The molecule has 132 valence electrons. The van der Waals surface area contributed by atoms with Gasteiger partial charge in [-0.05, 0) is 33.1 Å². The molecule has 0 aromatic carbocycles. The molecule has 0 aromatic rings. The van der Waals surface area contributed by atoms with Crippen molar-refractivity contribution in [2.24, 2.45) is 5.73 Å². The number of rotatable bonds is 7. The van der Waals surface area contributed by atoms with Gasteiger partial charge in [-0.15, -0.1) is 0 Å². The quantitative estimate of drug-likeness (QED) is 0.312. The van der Waals surface area contributed by atoms with Crippen LogP contribution >= 0.6 is 0 Å². The van der Waals surface area contributed by atoms with E-state index in [1.54, 1.807) is 0 Å². The summed E-state index contributed by atoms with van der Waals surface area (Å²) in [6.45, 7) is 3.27. The highest BCUT2D eigenvalue weighted by atomic mass is 16.5. The number of aliphatic hydroxyl groups is 4. The molecule has 7 heteroatoms. The summed E-state index contributed by atoms with van der Waals surface area (Å²) >= 11 is 0. The second-order valence-corrected chi connectivity index (χ2v) is 6.05. The first-order valence-corrected chi connectivity index (χ1v) is 7.69. The van der Waals surface area contributed by atoms with E-state index in [-0.39, 0.29) is 0 Å². The highest BCUT2D eigenvalue weighted by Gasteiger charge is 2.43. The highest BCUT2D eigenvalue weighted by Crippen LogP contribution is 2.25. The van der Waals surface area contributed by atoms with Crippen LogP contribution in [0.5, 0.6) is 0 Å². The van der Waals surface area contributed by atoms with E-state index in [1.807, 2.05) is 19.9 Å². The maximum Gasteiger partial charge on any atom is 0.241 e. The molecule has 1 aliphatic heterocycles. The predicted molar refractivity (Wildman–Crippen MR) is 84.3 cm³/mol. The van der Waals surface area contributed by atoms with Gasteiger partial charge in [-0.25, -0.2) is 0 Å². The Morgan fingerprint density at radius 1 is 1.09 bits per heavy atom. The standard InChI is InChI=1S/C16H27NO6/c1-9(4-3-5-10(2)7-13(17)19)6-11-14(20)16(22)15(21)12(8-18)23-11/h4,7,11-12,14-16,18,20-22H,3,5-6,8H2,1-2H3,(H2,17,19)/b9-4+,10-7+/t11?,12-,14+,15+,16-/m1/s1. The molecular weight excluding hydrogens is 302 g/mol. The van der Waals surface area contributed by atoms with Crippen molar-refractivity contribution < 1.29 is 30.0 Å². The summed E-state index contributed by atoms with van der Waals surface area (Å²) in [6.07, 6.45) is -0.353. The van der Waals surface area contributed by atoms with Crippen LogP contribution in [0.15, 0.2) is 23.3 Å². The van der Waals surface area contributed by atoms with Gasteiger partial charge in [0.05, 0.1) is 12.7 Å². The summed E-state index contributed by atoms with van der Waals surface area (Å²) in [7, 11) is 0. The number of nitrogens with two attached hydrogens (primary N) is 1. The van der Waals surface area contributed by atoms with Crippen LogP contribution in [0.2, 0.25) is 0 Å². The van der Waals surface area contributed by atoms with Gasteiger partial charge in [0.15, 0.2) is 0 Å². The summed E-state index contributed by atoms with van der Waals surface area (Å²) in [5.74, 6) is -0.468. The van der Waals surface area contributed by atoms with Gasteiger partial charge < -0.3 is 30.9 Å². The molecule has 1 heterocycles. The maximum atomic E-state index is 10.7. The van der Waals surface area contributed by atoms with E-state index in [9.17, 15) is 20.1 Å². The first-order chi connectivity index (χ1) is 10.8. The SMILES string of the molecule is C/C(=C\C(N)=O)CC/C=C(\C)CC1O[C@H](CO)[C@H](O)[C@H](O)[C@H]1O. The third kappa shape index (κ3) is 6.04. The Kier molecular flexibility index (Phi) is 7.87. The van der Waals surface area contributed by atoms with Crippen molar-refractivity contribution in [1.29, 1.82) is 0 Å². The van der Waals surface area contributed by atoms with Crippen LogP contribution in [0.4, 0.5) is 0 Å². The monoisotopic (exact) mass is 329 g/mol. The van der Waals surface area contributed by atoms with Gasteiger partial charge in [-0.1, -0.05) is 17.2 Å². The number of primary amides is 1. The molecule has 1 aliphatic rings. The van der Waals surface area contributed by atoms with E-state index in [4.69, 9.17) is 15.6 Å². The molecule has 0 aromatic heterocycles. The first kappa shape index (κ1) is 19.8. The third-order valence-corrected chi connectivity index (χ3v) is 3.93. The molecule has 7 nitrogen and oxygen atoms in total. The number of hydrogen-bond acceptors (Lipinski definition) is 6. The molecule has 0 aliphatic carbocycles. The number of amides is 1. The van der Waals surface area contributed by atoms with Crippen molar-refractivity contribution in [1.82, 2.24) is 0 Å². The zero-order valence-electron chi connectivity index (χ0n) is 13.6. The van der Waals surface area contributed by atoms with Gasteiger partial charge in [0.25, 0.3) is 0 Å². The molecule has 5 atom stereocenters. The van der Waals surface area contributed by atoms with Gasteiger partial charge in [0, 0.05) is 6.08 Å². The van der Waals surface area contributed by atoms with Crippen molar-refractivity contribution in [2.75, 3.05) is 6.61 Å². The van der Waals surface area contributed by atoms with Gasteiger partial charge in [0.1, 0.15) is 24.4 Å². The van der Waals surface area contributed by atoms with Crippen molar-refractivity contribution in [2.45, 2.75) is 63.6 Å². The minimum Gasteiger partial charge on any atom is -0.394 e. The number of allylic oxidation sites excluding steroid dienone is 2. The number of hydrogen-bond donors (Lipinski definition) is 5. The Morgan fingerprint density at radius 3 is 2.26 bits per heavy atom. The largest absolute Gasteiger partial charge is 0.394 e. The molecule has 6 N–H and O–H groups in total. The van der Waals surface area contributed by atoms with Gasteiger partial charge in [0.2, 0.25) is 5.91 Å². The second kappa shape index (κ2) is 9.14. The topological polar surface area (TPSA) is 133 Å². The number of carbonyl (C=O) groups excluding carboxylic acids is 1. The Balaban J connectivity index is 2.56. The lowest BCUT2D eigenvalue weighted by Crippen LogP contribution is -2.58. The minimum absolute atomic E-state index is 0.375. The summed E-state index contributed by atoms with van der Waals surface area (Å²) in [6, 6.07) is 0. The van der Waals surface area contributed by atoms with Crippen LogP contribution in [0.3, 0.4) is 0 Å². The molecule has 1 rings (SSSR count). The van der Waals surface area contributed by atoms with Crippen molar-refractivity contribution in [3.63, 3.8) is 0 Å². The van der Waals surface area contributed by atoms with Crippen LogP contribution < -0.4 is 5.73 Å². The van der Waals surface area contributed by atoms with Crippen LogP contribution in [0.25, 0.3) is 0 Å². The van der Waals surface area contributed by atoms with Crippen molar-refractivity contribution in [3.05, 3.63) is 23.3 Å². The van der Waals surface area contributed by atoms with Gasteiger partial charge in [-0.3, -0.25) is 4.79 Å². The predicted octanol–water partition coefficient (Wildman–Crippen LogP) is -0.623. The summed E-state index contributed by atoms with van der Waals surface area (Å²) in [5, 5.41) is 38.6. The van der Waals surface area contributed by atoms with Crippen LogP contribution in [0.1, 0.15) is 33.1 Å². The lowest BCUT2D eigenvalue weighted by atomic mass is 9.91. The number of aliphatic hydroxyl groups excluding tert-OH is 4. The van der Waals surface area contributed by atoms with E-state index in [1.165, 1.54) is 6.08 Å². The third-order valence-electron chi connectivity index (χ3n) is 3.93. The average molecular weight is 329 g/mol. The minimum atomic E-state index is -1.35. The van der Waals surface area contributed by atoms with E-state index >= 15 is 0 Å². The van der Waals surface area contributed by atoms with Crippen LogP contribution in [-0.2, 0) is 9.53 Å². The molecule has 0 bridgehead atoms. The van der Waals surface area contributed by atoms with E-state index < -0.39 is 43.0 Å². The van der Waals surface area contributed by atoms with Crippen molar-refractivity contribution >= 4 is 5.91 Å². The van der Waals surface area contributed by atoms with E-state index in [0.29, 0.717) is 19.3 Å². The Bertz CT molecular complexity index is 459. The van der Waals surface area contributed by atoms with E-state index in [2.05, 4.69) is 0 Å². The van der Waals surface area contributed by atoms with Gasteiger partial charge in [-0.2, -0.15) is 0 Å². The smallest absolute Gasteiger partial charge is 0.241 e. The summed E-state index contributed by atoms with van der Waals surface area (Å²) in [4.78, 5) is 10.7. The molecule has 1 amide bonds. The van der Waals surface area contributed by atoms with Crippen LogP contribution in [-0.4, -0.2) is 63.5 Å². The van der Waals surface area contributed by atoms with Gasteiger partial charge >= 0.3 is 0 Å². The fourth-order valence-corrected chi connectivity index (χ4v) is 2.61. The summed E-state index contributed by atoms with van der Waals surface area (Å²) < 4.78 is 5.46. The molecule has 0 radical (unpaired) electrons. The normalized spacial score (nSPS) is 32.9. The fourth-order valence-electron chi connectivity index (χ4n) is 2.61. The Labute approximate surface area is 136 Å². The van der Waals surface area contributed by atoms with Crippen LogP contribution in [0, 0.1) is 0 Å². The molecule has 1 saturated heterocycles. The van der Waals surface area contributed by atoms with E-state index in [0.717, 1.165) is 11.1 Å². The number of ether oxygens (including phenoxy) is 1. The average Bonchev–Trinajstić information content (AvgIpc) is 2.47. The Hall–Kier alpha value is -1.25. The zero-order chi connectivity index (χ0) is 17.6. The lowest BCUT2D eigenvalue weighted by molar-refractivity contribution is -0.228. The fraction of sp³-hybridized carbons (Fsp3) is 0.688. The summed E-state index contributed by atoms with van der Waals surface area (Å²) in [5.41, 5.74) is 6.90. The lowest BCUT2D eigenvalue weighted by Gasteiger charge is -2.40. The molecule has 1 unspecified atom stereocenters. The zero-order valence-corrected chi connectivity index (χ0v) is 13.6. The second-order valence-electron chi connectivity index (χ2n) is 6.05.